The van der Waals surface area contributed by atoms with E-state index in [2.05, 4.69) is 45.7 Å². The van der Waals surface area contributed by atoms with E-state index in [1.165, 1.54) is 0 Å². The van der Waals surface area contributed by atoms with Crippen molar-refractivity contribution in [3.63, 3.8) is 0 Å². The molecule has 17 heavy (non-hydrogen) atoms. The highest BCUT2D eigenvalue weighted by molar-refractivity contribution is 5.12. The van der Waals surface area contributed by atoms with Crippen molar-refractivity contribution in [1.29, 1.82) is 0 Å². The Morgan fingerprint density at radius 3 is 2.41 bits per heavy atom. The Hall–Kier alpha value is -0.800. The van der Waals surface area contributed by atoms with Crippen molar-refractivity contribution in [2.45, 2.75) is 52.1 Å². The van der Waals surface area contributed by atoms with Gasteiger partial charge in [-0.05, 0) is 39.4 Å². The van der Waals surface area contributed by atoms with Crippen molar-refractivity contribution >= 4 is 0 Å². The maximum Gasteiger partial charge on any atom is 0.122 e. The summed E-state index contributed by atoms with van der Waals surface area (Å²) in [5, 5.41) is 0. The van der Waals surface area contributed by atoms with Gasteiger partial charge in [0.15, 0.2) is 0 Å². The van der Waals surface area contributed by atoms with Gasteiger partial charge < -0.3 is 10.2 Å². The zero-order chi connectivity index (χ0) is 13.1. The molecule has 0 saturated carbocycles. The summed E-state index contributed by atoms with van der Waals surface area (Å²) in [7, 11) is 2.12. The first-order valence-corrected chi connectivity index (χ1v) is 6.47. The third-order valence-electron chi connectivity index (χ3n) is 3.87. The zero-order valence-electron chi connectivity index (χ0n) is 11.8. The Labute approximate surface area is 105 Å². The van der Waals surface area contributed by atoms with Crippen molar-refractivity contribution in [2.24, 2.45) is 5.73 Å². The van der Waals surface area contributed by atoms with Crippen LogP contribution in [0.1, 0.15) is 51.7 Å². The Morgan fingerprint density at radius 2 is 2.00 bits per heavy atom. The zero-order valence-corrected chi connectivity index (χ0v) is 11.8. The fourth-order valence-electron chi connectivity index (χ4n) is 1.90. The molecule has 1 atom stereocenters. The number of aryl methyl sites for hydroxylation is 1. The fourth-order valence-corrected chi connectivity index (χ4v) is 1.90. The van der Waals surface area contributed by atoms with E-state index >= 15 is 0 Å². The number of nitrogens with zero attached hydrogens (tertiary/aromatic N) is 1. The average molecular weight is 238 g/mol. The summed E-state index contributed by atoms with van der Waals surface area (Å²) in [6.07, 6.45) is 2.01. The first-order valence-electron chi connectivity index (χ1n) is 6.47. The third-order valence-corrected chi connectivity index (χ3v) is 3.87. The van der Waals surface area contributed by atoms with E-state index < -0.39 is 0 Å². The minimum atomic E-state index is 0.128. The molecule has 1 aromatic heterocycles. The van der Waals surface area contributed by atoms with Gasteiger partial charge in [0.25, 0.3) is 0 Å². The van der Waals surface area contributed by atoms with Crippen LogP contribution in [0.25, 0.3) is 0 Å². The number of nitrogens with two attached hydrogens (primary N) is 1. The van der Waals surface area contributed by atoms with Crippen LogP contribution in [0.4, 0.5) is 0 Å². The molecular formula is C14H26N2O. The topological polar surface area (TPSA) is 42.4 Å². The molecule has 0 aromatic carbocycles. The lowest BCUT2D eigenvalue weighted by atomic mass is 9.97. The molecule has 0 bridgehead atoms. The highest BCUT2D eigenvalue weighted by Gasteiger charge is 2.29. The highest BCUT2D eigenvalue weighted by atomic mass is 16.3. The molecular weight excluding hydrogens is 212 g/mol. The first kappa shape index (κ1) is 14.3. The largest absolute Gasteiger partial charge is 0.464 e. The molecule has 0 radical (unpaired) electrons. The number of furan rings is 1. The van der Waals surface area contributed by atoms with Crippen LogP contribution in [0, 0.1) is 0 Å². The van der Waals surface area contributed by atoms with Crippen molar-refractivity contribution in [1.82, 2.24) is 4.90 Å². The normalized spacial score (nSPS) is 14.3. The van der Waals surface area contributed by atoms with Gasteiger partial charge in [0.1, 0.15) is 11.5 Å². The number of likely N-dealkylation sites (N-methyl/N-ethyl adjacent to an activating group) is 1. The van der Waals surface area contributed by atoms with Crippen LogP contribution >= 0.6 is 0 Å². The summed E-state index contributed by atoms with van der Waals surface area (Å²) in [6, 6.07) is 4.26. The van der Waals surface area contributed by atoms with E-state index in [9.17, 15) is 0 Å². The monoisotopic (exact) mass is 238 g/mol. The molecule has 0 amide bonds. The standard InChI is InChI=1S/C14H26N2O/c1-6-11-8-9-13(17-11)12(10-15)16(5)14(3,4)7-2/h8-9,12H,6-7,10,15H2,1-5H3. The maximum atomic E-state index is 5.91. The Bertz CT molecular complexity index is 344. The minimum absolute atomic E-state index is 0.128. The van der Waals surface area contributed by atoms with Crippen LogP contribution in [0.5, 0.6) is 0 Å². The van der Waals surface area contributed by atoms with Gasteiger partial charge in [-0.25, -0.2) is 0 Å². The van der Waals surface area contributed by atoms with Crippen LogP contribution in [-0.4, -0.2) is 24.0 Å². The van der Waals surface area contributed by atoms with E-state index in [4.69, 9.17) is 10.2 Å². The van der Waals surface area contributed by atoms with Gasteiger partial charge in [-0.15, -0.1) is 0 Å². The summed E-state index contributed by atoms with van der Waals surface area (Å²) in [5.74, 6) is 2.01. The maximum absolute atomic E-state index is 5.91. The molecule has 0 saturated heterocycles. The summed E-state index contributed by atoms with van der Waals surface area (Å²) in [6.45, 7) is 9.35. The lowest BCUT2D eigenvalue weighted by Crippen LogP contribution is -2.45. The van der Waals surface area contributed by atoms with Gasteiger partial charge in [-0.2, -0.15) is 0 Å². The number of rotatable bonds is 6. The molecule has 1 heterocycles. The minimum Gasteiger partial charge on any atom is -0.464 e. The van der Waals surface area contributed by atoms with Crippen LogP contribution < -0.4 is 5.73 Å². The molecule has 0 spiro atoms. The molecule has 0 aliphatic carbocycles. The van der Waals surface area contributed by atoms with Crippen LogP contribution in [0.3, 0.4) is 0 Å². The molecule has 3 heteroatoms. The Kier molecular flexibility index (Phi) is 4.78. The predicted molar refractivity (Wildman–Crippen MR) is 72.0 cm³/mol. The Balaban J connectivity index is 2.91. The van der Waals surface area contributed by atoms with Gasteiger partial charge in [0.05, 0.1) is 6.04 Å². The van der Waals surface area contributed by atoms with E-state index in [1.54, 1.807) is 0 Å². The van der Waals surface area contributed by atoms with Crippen LogP contribution in [0.2, 0.25) is 0 Å². The van der Waals surface area contributed by atoms with E-state index in [-0.39, 0.29) is 11.6 Å². The summed E-state index contributed by atoms with van der Waals surface area (Å²) >= 11 is 0. The second-order valence-corrected chi connectivity index (χ2v) is 5.19. The predicted octanol–water partition coefficient (Wildman–Crippen LogP) is 2.96. The Morgan fingerprint density at radius 1 is 1.35 bits per heavy atom. The second kappa shape index (κ2) is 5.69. The second-order valence-electron chi connectivity index (χ2n) is 5.19. The van der Waals surface area contributed by atoms with Crippen molar-refractivity contribution in [3.05, 3.63) is 23.7 Å². The molecule has 0 aliphatic heterocycles. The van der Waals surface area contributed by atoms with Gasteiger partial charge in [0.2, 0.25) is 0 Å². The van der Waals surface area contributed by atoms with Crippen LogP contribution in [-0.2, 0) is 6.42 Å². The quantitative estimate of drug-likeness (QED) is 0.828. The molecule has 1 rings (SSSR count). The molecule has 0 fully saturated rings. The molecule has 3 nitrogen and oxygen atoms in total. The molecule has 1 unspecified atom stereocenters. The van der Waals surface area contributed by atoms with Gasteiger partial charge in [-0.3, -0.25) is 4.90 Å². The van der Waals surface area contributed by atoms with Crippen molar-refractivity contribution < 1.29 is 4.42 Å². The molecule has 98 valence electrons. The van der Waals surface area contributed by atoms with Crippen molar-refractivity contribution in [2.75, 3.05) is 13.6 Å². The number of hydrogen-bond acceptors (Lipinski definition) is 3. The van der Waals surface area contributed by atoms with E-state index in [1.807, 2.05) is 6.07 Å². The van der Waals surface area contributed by atoms with E-state index in [0.717, 1.165) is 24.4 Å². The van der Waals surface area contributed by atoms with Gasteiger partial charge >= 0.3 is 0 Å². The highest BCUT2D eigenvalue weighted by Crippen LogP contribution is 2.29. The summed E-state index contributed by atoms with van der Waals surface area (Å²) in [4.78, 5) is 2.31. The van der Waals surface area contributed by atoms with Crippen LogP contribution in [0.15, 0.2) is 16.5 Å². The smallest absolute Gasteiger partial charge is 0.122 e. The third kappa shape index (κ3) is 3.11. The number of hydrogen-bond donors (Lipinski definition) is 1. The first-order chi connectivity index (χ1) is 7.96. The summed E-state index contributed by atoms with van der Waals surface area (Å²) < 4.78 is 5.82. The molecule has 2 N–H and O–H groups in total. The lowest BCUT2D eigenvalue weighted by molar-refractivity contribution is 0.0877. The molecule has 1 aromatic rings. The lowest BCUT2D eigenvalue weighted by Gasteiger charge is -2.39. The SMILES string of the molecule is CCc1ccc(C(CN)N(C)C(C)(C)CC)o1. The fraction of sp³-hybridized carbons (Fsp3) is 0.714. The van der Waals surface area contributed by atoms with Gasteiger partial charge in [-0.1, -0.05) is 13.8 Å². The van der Waals surface area contributed by atoms with Gasteiger partial charge in [0, 0.05) is 18.5 Å². The van der Waals surface area contributed by atoms with E-state index in [0.29, 0.717) is 6.54 Å². The molecule has 0 aliphatic rings. The summed E-state index contributed by atoms with van der Waals surface area (Å²) in [5.41, 5.74) is 6.03. The average Bonchev–Trinajstić information content (AvgIpc) is 2.78. The van der Waals surface area contributed by atoms with Crippen molar-refractivity contribution in [3.8, 4) is 0 Å².